The van der Waals surface area contributed by atoms with Crippen LogP contribution >= 0.6 is 15.9 Å². The van der Waals surface area contributed by atoms with E-state index in [1.807, 2.05) is 12.1 Å². The number of halogens is 1. The van der Waals surface area contributed by atoms with Crippen LogP contribution in [0.25, 0.3) is 0 Å². The molecule has 4 nitrogen and oxygen atoms in total. The third kappa shape index (κ3) is 3.92. The number of benzene rings is 2. The monoisotopic (exact) mass is 347 g/mol. The Morgan fingerprint density at radius 1 is 1.05 bits per heavy atom. The van der Waals surface area contributed by atoms with Gasteiger partial charge in [0.1, 0.15) is 0 Å². The Bertz CT molecular complexity index is 643. The highest BCUT2D eigenvalue weighted by molar-refractivity contribution is 9.10. The molecule has 0 heterocycles. The lowest BCUT2D eigenvalue weighted by molar-refractivity contribution is -0.138. The molecule has 1 amide bonds. The van der Waals surface area contributed by atoms with E-state index < -0.39 is 11.9 Å². The largest absolute Gasteiger partial charge is 0.481 e. The third-order valence-corrected chi connectivity index (χ3v) is 3.78. The number of hydrogen-bond donors (Lipinski definition) is 2. The molecule has 0 aliphatic carbocycles. The number of rotatable bonds is 5. The molecule has 0 saturated heterocycles. The molecule has 2 aromatic rings. The molecular weight excluding hydrogens is 334 g/mol. The number of carbonyl (C=O) groups is 2. The van der Waals surface area contributed by atoms with Crippen LogP contribution in [0.5, 0.6) is 0 Å². The SMILES string of the molecule is O=C(NCC(C(=O)O)c1ccccc1)c1ccccc1Br. The maximum absolute atomic E-state index is 12.1. The van der Waals surface area contributed by atoms with Gasteiger partial charge in [-0.05, 0) is 33.6 Å². The zero-order valence-electron chi connectivity index (χ0n) is 11.1. The van der Waals surface area contributed by atoms with Crippen LogP contribution < -0.4 is 5.32 Å². The van der Waals surface area contributed by atoms with Gasteiger partial charge in [0.2, 0.25) is 0 Å². The van der Waals surface area contributed by atoms with E-state index in [-0.39, 0.29) is 12.5 Å². The molecule has 0 aliphatic heterocycles. The van der Waals surface area contributed by atoms with Gasteiger partial charge in [-0.15, -0.1) is 0 Å². The normalized spacial score (nSPS) is 11.7. The molecular formula is C16H14BrNO3. The molecule has 0 radical (unpaired) electrons. The first-order chi connectivity index (χ1) is 10.1. The van der Waals surface area contributed by atoms with Crippen molar-refractivity contribution in [1.82, 2.24) is 5.32 Å². The van der Waals surface area contributed by atoms with Gasteiger partial charge < -0.3 is 10.4 Å². The summed E-state index contributed by atoms with van der Waals surface area (Å²) in [6.07, 6.45) is 0. The molecule has 2 N–H and O–H groups in total. The van der Waals surface area contributed by atoms with Gasteiger partial charge in [0.15, 0.2) is 0 Å². The van der Waals surface area contributed by atoms with Gasteiger partial charge in [0, 0.05) is 11.0 Å². The third-order valence-electron chi connectivity index (χ3n) is 3.09. The summed E-state index contributed by atoms with van der Waals surface area (Å²) in [7, 11) is 0. The van der Waals surface area contributed by atoms with E-state index in [0.717, 1.165) is 0 Å². The van der Waals surface area contributed by atoms with Crippen LogP contribution in [0.4, 0.5) is 0 Å². The van der Waals surface area contributed by atoms with Crippen molar-refractivity contribution in [2.24, 2.45) is 0 Å². The molecule has 2 aromatic carbocycles. The number of carbonyl (C=O) groups excluding carboxylic acids is 1. The Morgan fingerprint density at radius 2 is 1.67 bits per heavy atom. The minimum Gasteiger partial charge on any atom is -0.481 e. The predicted molar refractivity (Wildman–Crippen MR) is 83.3 cm³/mol. The van der Waals surface area contributed by atoms with Crippen LogP contribution in [0.1, 0.15) is 21.8 Å². The topological polar surface area (TPSA) is 66.4 Å². The Morgan fingerprint density at radius 3 is 2.29 bits per heavy atom. The number of nitrogens with one attached hydrogen (secondary N) is 1. The molecule has 21 heavy (non-hydrogen) atoms. The quantitative estimate of drug-likeness (QED) is 0.873. The first-order valence-corrected chi connectivity index (χ1v) is 7.19. The van der Waals surface area contributed by atoms with Gasteiger partial charge in [-0.3, -0.25) is 9.59 Å². The van der Waals surface area contributed by atoms with E-state index in [9.17, 15) is 14.7 Å². The standard InChI is InChI=1S/C16H14BrNO3/c17-14-9-5-4-8-12(14)15(19)18-10-13(16(20)21)11-6-2-1-3-7-11/h1-9,13H,10H2,(H,18,19)(H,20,21). The van der Waals surface area contributed by atoms with Crippen LogP contribution in [0.15, 0.2) is 59.1 Å². The average Bonchev–Trinajstić information content (AvgIpc) is 2.48. The Labute approximate surface area is 130 Å². The van der Waals surface area contributed by atoms with Gasteiger partial charge in [0.25, 0.3) is 5.91 Å². The van der Waals surface area contributed by atoms with Gasteiger partial charge in [-0.1, -0.05) is 42.5 Å². The molecule has 0 saturated carbocycles. The summed E-state index contributed by atoms with van der Waals surface area (Å²) in [5, 5.41) is 12.0. The highest BCUT2D eigenvalue weighted by atomic mass is 79.9. The van der Waals surface area contributed by atoms with Crippen molar-refractivity contribution in [3.63, 3.8) is 0 Å². The van der Waals surface area contributed by atoms with E-state index in [1.54, 1.807) is 42.5 Å². The Kier molecular flexibility index (Phi) is 5.11. The molecule has 5 heteroatoms. The first kappa shape index (κ1) is 15.3. The molecule has 0 aromatic heterocycles. The second-order valence-electron chi connectivity index (χ2n) is 4.49. The van der Waals surface area contributed by atoms with Crippen LogP contribution in [0.3, 0.4) is 0 Å². The van der Waals surface area contributed by atoms with Crippen molar-refractivity contribution in [1.29, 1.82) is 0 Å². The van der Waals surface area contributed by atoms with Crippen molar-refractivity contribution in [3.05, 3.63) is 70.2 Å². The summed E-state index contributed by atoms with van der Waals surface area (Å²) in [6, 6.07) is 15.9. The second kappa shape index (κ2) is 7.04. The minimum absolute atomic E-state index is 0.0412. The smallest absolute Gasteiger partial charge is 0.312 e. The number of carboxylic acid groups (broad SMARTS) is 1. The lowest BCUT2D eigenvalue weighted by Gasteiger charge is -2.14. The van der Waals surface area contributed by atoms with Gasteiger partial charge in [-0.25, -0.2) is 0 Å². The summed E-state index contributed by atoms with van der Waals surface area (Å²) in [4.78, 5) is 23.4. The highest BCUT2D eigenvalue weighted by Gasteiger charge is 2.21. The fraction of sp³-hybridized carbons (Fsp3) is 0.125. The molecule has 0 bridgehead atoms. The second-order valence-corrected chi connectivity index (χ2v) is 5.35. The van der Waals surface area contributed by atoms with Gasteiger partial charge in [0.05, 0.1) is 11.5 Å². The van der Waals surface area contributed by atoms with Crippen LogP contribution in [-0.4, -0.2) is 23.5 Å². The van der Waals surface area contributed by atoms with E-state index in [0.29, 0.717) is 15.6 Å². The predicted octanol–water partition coefficient (Wildman–Crippen LogP) is 3.05. The van der Waals surface area contributed by atoms with E-state index in [2.05, 4.69) is 21.2 Å². The summed E-state index contributed by atoms with van der Waals surface area (Å²) in [5.41, 5.74) is 1.15. The maximum Gasteiger partial charge on any atom is 0.312 e. The van der Waals surface area contributed by atoms with Crippen molar-refractivity contribution in [2.75, 3.05) is 6.54 Å². The fourth-order valence-corrected chi connectivity index (χ4v) is 2.43. The molecule has 2 rings (SSSR count). The average molecular weight is 348 g/mol. The first-order valence-electron chi connectivity index (χ1n) is 6.40. The van der Waals surface area contributed by atoms with Crippen molar-refractivity contribution in [2.45, 2.75) is 5.92 Å². The maximum atomic E-state index is 12.1. The van der Waals surface area contributed by atoms with Gasteiger partial charge >= 0.3 is 5.97 Å². The molecule has 108 valence electrons. The molecule has 0 fully saturated rings. The Hall–Kier alpha value is -2.14. The molecule has 0 aliphatic rings. The summed E-state index contributed by atoms with van der Waals surface area (Å²) in [5.74, 6) is -2.03. The van der Waals surface area contributed by atoms with Crippen molar-refractivity contribution in [3.8, 4) is 0 Å². The van der Waals surface area contributed by atoms with E-state index >= 15 is 0 Å². The van der Waals surface area contributed by atoms with Crippen LogP contribution in [-0.2, 0) is 4.79 Å². The fourth-order valence-electron chi connectivity index (χ4n) is 1.97. The highest BCUT2D eigenvalue weighted by Crippen LogP contribution is 2.17. The van der Waals surface area contributed by atoms with Gasteiger partial charge in [-0.2, -0.15) is 0 Å². The van der Waals surface area contributed by atoms with E-state index in [1.165, 1.54) is 0 Å². The lowest BCUT2D eigenvalue weighted by Crippen LogP contribution is -2.31. The van der Waals surface area contributed by atoms with Crippen LogP contribution in [0.2, 0.25) is 0 Å². The van der Waals surface area contributed by atoms with E-state index in [4.69, 9.17) is 0 Å². The number of hydrogen-bond acceptors (Lipinski definition) is 2. The van der Waals surface area contributed by atoms with Crippen molar-refractivity contribution < 1.29 is 14.7 Å². The molecule has 1 unspecified atom stereocenters. The lowest BCUT2D eigenvalue weighted by atomic mass is 9.99. The minimum atomic E-state index is -0.964. The molecule has 0 spiro atoms. The summed E-state index contributed by atoms with van der Waals surface area (Å²) < 4.78 is 0.675. The van der Waals surface area contributed by atoms with Crippen LogP contribution in [0, 0.1) is 0 Å². The number of aliphatic carboxylic acids is 1. The number of carboxylic acids is 1. The molecule has 1 atom stereocenters. The zero-order chi connectivity index (χ0) is 15.2. The Balaban J connectivity index is 2.08. The zero-order valence-corrected chi connectivity index (χ0v) is 12.7. The van der Waals surface area contributed by atoms with Crippen molar-refractivity contribution >= 4 is 27.8 Å². The summed E-state index contributed by atoms with van der Waals surface area (Å²) >= 11 is 3.30. The number of amides is 1. The summed E-state index contributed by atoms with van der Waals surface area (Å²) in [6.45, 7) is 0.0412.